The van der Waals surface area contributed by atoms with Gasteiger partial charge in [0.25, 0.3) is 5.56 Å². The van der Waals surface area contributed by atoms with Gasteiger partial charge < -0.3 is 14.6 Å². The van der Waals surface area contributed by atoms with Gasteiger partial charge in [0.1, 0.15) is 11.6 Å². The summed E-state index contributed by atoms with van der Waals surface area (Å²) in [6.45, 7) is 7.21. The first-order valence-electron chi connectivity index (χ1n) is 12.1. The molecule has 0 unspecified atom stereocenters. The van der Waals surface area contributed by atoms with Crippen LogP contribution in [0.3, 0.4) is 0 Å². The molecule has 9 heteroatoms. The Labute approximate surface area is 199 Å². The predicted octanol–water partition coefficient (Wildman–Crippen LogP) is 3.76. The van der Waals surface area contributed by atoms with Gasteiger partial charge in [-0.15, -0.1) is 0 Å². The molecule has 184 valence electrons. The van der Waals surface area contributed by atoms with Crippen LogP contribution in [0.1, 0.15) is 63.8 Å². The van der Waals surface area contributed by atoms with Crippen molar-refractivity contribution in [2.45, 2.75) is 78.8 Å². The van der Waals surface area contributed by atoms with Crippen LogP contribution in [0.2, 0.25) is 0 Å². The number of nitrogens with one attached hydrogen (secondary N) is 2. The molecule has 0 bridgehead atoms. The topological polar surface area (TPSA) is 111 Å². The Hall–Kier alpha value is -3.36. The average Bonchev–Trinajstić information content (AvgIpc) is 3.16. The molecule has 2 heterocycles. The van der Waals surface area contributed by atoms with Gasteiger partial charge in [-0.1, -0.05) is 39.2 Å². The molecule has 0 aliphatic heterocycles. The van der Waals surface area contributed by atoms with E-state index in [1.807, 2.05) is 36.6 Å². The quantitative estimate of drug-likeness (QED) is 0.392. The molecule has 2 N–H and O–H groups in total. The number of imidazole rings is 1. The van der Waals surface area contributed by atoms with E-state index in [1.165, 1.54) is 4.57 Å². The minimum atomic E-state index is -0.444. The molecule has 0 aliphatic rings. The normalized spacial score (nSPS) is 11.2. The van der Waals surface area contributed by atoms with E-state index >= 15 is 0 Å². The number of unbranched alkanes of at least 4 members (excludes halogenated alkanes) is 3. The van der Waals surface area contributed by atoms with Crippen LogP contribution < -0.4 is 21.3 Å². The number of carbonyl (C=O) groups excluding carboxylic acids is 1. The molecule has 3 aromatic rings. The molecule has 34 heavy (non-hydrogen) atoms. The van der Waals surface area contributed by atoms with Crippen molar-refractivity contribution in [3.63, 3.8) is 0 Å². The van der Waals surface area contributed by atoms with Crippen LogP contribution >= 0.6 is 0 Å². The maximum absolute atomic E-state index is 12.8. The van der Waals surface area contributed by atoms with Crippen LogP contribution in [-0.2, 0) is 24.3 Å². The Balaban J connectivity index is 1.91. The molecule has 1 amide bonds. The van der Waals surface area contributed by atoms with Crippen LogP contribution in [-0.4, -0.2) is 32.1 Å². The van der Waals surface area contributed by atoms with Gasteiger partial charge in [0, 0.05) is 25.9 Å². The number of aromatic amines is 1. The summed E-state index contributed by atoms with van der Waals surface area (Å²) >= 11 is 0. The summed E-state index contributed by atoms with van der Waals surface area (Å²) in [7, 11) is 1.56. The Morgan fingerprint density at radius 2 is 1.82 bits per heavy atom. The van der Waals surface area contributed by atoms with E-state index in [1.54, 1.807) is 7.11 Å². The minimum Gasteiger partial charge on any atom is -0.495 e. The van der Waals surface area contributed by atoms with Gasteiger partial charge in [0.2, 0.25) is 5.91 Å². The zero-order valence-electron chi connectivity index (χ0n) is 20.6. The van der Waals surface area contributed by atoms with E-state index in [-0.39, 0.29) is 12.3 Å². The number of hydrogen-bond donors (Lipinski definition) is 2. The van der Waals surface area contributed by atoms with E-state index in [9.17, 15) is 14.4 Å². The first kappa shape index (κ1) is 25.3. The number of rotatable bonds is 12. The summed E-state index contributed by atoms with van der Waals surface area (Å²) in [6.07, 6.45) is 5.20. The first-order chi connectivity index (χ1) is 16.4. The first-order valence-corrected chi connectivity index (χ1v) is 12.1. The highest BCUT2D eigenvalue weighted by atomic mass is 16.5. The molecule has 1 aromatic carbocycles. The highest BCUT2D eigenvalue weighted by Crippen LogP contribution is 2.25. The molecule has 0 saturated carbocycles. The molecule has 3 rings (SSSR count). The highest BCUT2D eigenvalue weighted by molar-refractivity contribution is 5.92. The van der Waals surface area contributed by atoms with Crippen LogP contribution in [0.4, 0.5) is 5.69 Å². The third-order valence-corrected chi connectivity index (χ3v) is 5.89. The lowest BCUT2D eigenvalue weighted by molar-refractivity contribution is -0.116. The Kier molecular flexibility index (Phi) is 8.67. The average molecular weight is 470 g/mol. The number of amides is 1. The SMILES string of the molecule is CCCCCn1c(CCC(=O)Nc2cc(C)ccc2OC)nc2c1c(=O)[nH]c(=O)n2CCCC. The molecule has 2 aromatic heterocycles. The maximum atomic E-state index is 12.8. The summed E-state index contributed by atoms with van der Waals surface area (Å²) in [5.41, 5.74) is 1.56. The number of hydrogen-bond acceptors (Lipinski definition) is 5. The van der Waals surface area contributed by atoms with Crippen molar-refractivity contribution in [2.24, 2.45) is 0 Å². The van der Waals surface area contributed by atoms with Gasteiger partial charge in [-0.05, 0) is 37.5 Å². The Morgan fingerprint density at radius 3 is 2.53 bits per heavy atom. The number of ether oxygens (including phenoxy) is 1. The van der Waals surface area contributed by atoms with E-state index in [0.717, 1.165) is 37.7 Å². The van der Waals surface area contributed by atoms with Gasteiger partial charge in [-0.2, -0.15) is 0 Å². The number of aryl methyl sites for hydroxylation is 4. The lowest BCUT2D eigenvalue weighted by atomic mass is 10.2. The number of methoxy groups -OCH3 is 1. The van der Waals surface area contributed by atoms with Crippen LogP contribution in [0.5, 0.6) is 5.75 Å². The van der Waals surface area contributed by atoms with Gasteiger partial charge in [-0.3, -0.25) is 19.1 Å². The molecular formula is C25H35N5O4. The fraction of sp³-hybridized carbons (Fsp3) is 0.520. The summed E-state index contributed by atoms with van der Waals surface area (Å²) in [6, 6.07) is 5.60. The lowest BCUT2D eigenvalue weighted by Gasteiger charge is -2.12. The van der Waals surface area contributed by atoms with Crippen LogP contribution in [0.25, 0.3) is 11.2 Å². The monoisotopic (exact) mass is 469 g/mol. The fourth-order valence-corrected chi connectivity index (χ4v) is 4.05. The lowest BCUT2D eigenvalue weighted by Crippen LogP contribution is -2.31. The van der Waals surface area contributed by atoms with E-state index < -0.39 is 11.2 Å². The second-order valence-corrected chi connectivity index (χ2v) is 8.58. The molecule has 0 radical (unpaired) electrons. The summed E-state index contributed by atoms with van der Waals surface area (Å²) < 4.78 is 8.77. The zero-order chi connectivity index (χ0) is 24.7. The molecular weight excluding hydrogens is 434 g/mol. The number of carbonyl (C=O) groups is 1. The van der Waals surface area contributed by atoms with Gasteiger partial charge in [0.05, 0.1) is 12.8 Å². The van der Waals surface area contributed by atoms with E-state index in [0.29, 0.717) is 47.9 Å². The van der Waals surface area contributed by atoms with Gasteiger partial charge in [-0.25, -0.2) is 9.78 Å². The summed E-state index contributed by atoms with van der Waals surface area (Å²) in [5, 5.41) is 2.91. The second kappa shape index (κ2) is 11.7. The number of fused-ring (bicyclic) bond motifs is 1. The molecule has 0 fully saturated rings. The fourth-order valence-electron chi connectivity index (χ4n) is 4.05. The largest absolute Gasteiger partial charge is 0.495 e. The molecule has 0 saturated heterocycles. The molecule has 0 aliphatic carbocycles. The minimum absolute atomic E-state index is 0.173. The number of nitrogens with zero attached hydrogens (tertiary/aromatic N) is 3. The predicted molar refractivity (Wildman–Crippen MR) is 134 cm³/mol. The number of benzene rings is 1. The summed E-state index contributed by atoms with van der Waals surface area (Å²) in [5.74, 6) is 1.06. The Morgan fingerprint density at radius 1 is 1.09 bits per heavy atom. The third kappa shape index (κ3) is 5.76. The second-order valence-electron chi connectivity index (χ2n) is 8.58. The molecule has 0 spiro atoms. The van der Waals surface area contributed by atoms with Crippen molar-refractivity contribution < 1.29 is 9.53 Å². The third-order valence-electron chi connectivity index (χ3n) is 5.89. The van der Waals surface area contributed by atoms with Crippen molar-refractivity contribution in [1.82, 2.24) is 19.1 Å². The van der Waals surface area contributed by atoms with Crippen molar-refractivity contribution >= 4 is 22.8 Å². The molecule has 9 nitrogen and oxygen atoms in total. The van der Waals surface area contributed by atoms with E-state index in [2.05, 4.69) is 17.2 Å². The summed E-state index contributed by atoms with van der Waals surface area (Å²) in [4.78, 5) is 45.1. The molecule has 0 atom stereocenters. The standard InChI is InChI=1S/C25H35N5O4/c1-5-7-9-15-29-20(12-13-21(31)26-18-16-17(3)10-11-19(18)34-4)27-23-22(29)24(32)28-25(33)30(23)14-8-6-2/h10-11,16H,5-9,12-15H2,1-4H3,(H,26,31)(H,28,32,33). The van der Waals surface area contributed by atoms with E-state index in [4.69, 9.17) is 9.72 Å². The van der Waals surface area contributed by atoms with Crippen molar-refractivity contribution in [3.8, 4) is 5.75 Å². The Bertz CT molecular complexity index is 1250. The zero-order valence-corrected chi connectivity index (χ0v) is 20.6. The number of anilines is 1. The van der Waals surface area contributed by atoms with Crippen molar-refractivity contribution in [1.29, 1.82) is 0 Å². The van der Waals surface area contributed by atoms with Gasteiger partial charge >= 0.3 is 5.69 Å². The highest BCUT2D eigenvalue weighted by Gasteiger charge is 2.19. The smallest absolute Gasteiger partial charge is 0.330 e. The van der Waals surface area contributed by atoms with Crippen molar-refractivity contribution in [2.75, 3.05) is 12.4 Å². The van der Waals surface area contributed by atoms with Gasteiger partial charge in [0.15, 0.2) is 11.2 Å². The maximum Gasteiger partial charge on any atom is 0.330 e. The van der Waals surface area contributed by atoms with Crippen LogP contribution in [0.15, 0.2) is 27.8 Å². The van der Waals surface area contributed by atoms with Crippen molar-refractivity contribution in [3.05, 3.63) is 50.4 Å². The number of H-pyrrole nitrogens is 1. The van der Waals surface area contributed by atoms with Crippen LogP contribution in [0, 0.1) is 6.92 Å². The number of aromatic nitrogens is 4.